The van der Waals surface area contributed by atoms with E-state index in [4.69, 9.17) is 0 Å². The van der Waals surface area contributed by atoms with Gasteiger partial charge in [-0.3, -0.25) is 0 Å². The number of hydrogen-bond acceptors (Lipinski definition) is 0. The SMILES string of the molecule is CCCC.[Zr][C]1=CC=CC1. The molecule has 0 unspecified atom stereocenters. The van der Waals surface area contributed by atoms with Gasteiger partial charge < -0.3 is 0 Å². The van der Waals surface area contributed by atoms with Gasteiger partial charge in [0.25, 0.3) is 0 Å². The van der Waals surface area contributed by atoms with Crippen molar-refractivity contribution in [2.24, 2.45) is 0 Å². The summed E-state index contributed by atoms with van der Waals surface area (Å²) in [5.74, 6) is 0. The molecule has 0 fully saturated rings. The molecule has 1 aliphatic rings. The van der Waals surface area contributed by atoms with Crippen LogP contribution in [0, 0.1) is 0 Å². The molecule has 0 aromatic heterocycles. The Morgan fingerprint density at radius 3 is 2.10 bits per heavy atom. The molecule has 0 nitrogen and oxygen atoms in total. The molecule has 0 aromatic carbocycles. The minimum absolute atomic E-state index is 1.21. The zero-order valence-electron chi connectivity index (χ0n) is 6.85. The second kappa shape index (κ2) is 7.47. The van der Waals surface area contributed by atoms with Gasteiger partial charge in [0, 0.05) is 0 Å². The summed E-state index contributed by atoms with van der Waals surface area (Å²) in [5, 5.41) is 0. The molecule has 0 N–H and O–H groups in total. The van der Waals surface area contributed by atoms with Crippen LogP contribution in [0.5, 0.6) is 0 Å². The van der Waals surface area contributed by atoms with Gasteiger partial charge in [-0.05, 0) is 0 Å². The van der Waals surface area contributed by atoms with Crippen molar-refractivity contribution in [1.29, 1.82) is 0 Å². The fourth-order valence-electron chi connectivity index (χ4n) is 0.447. The number of allylic oxidation sites excluding steroid dienone is 4. The van der Waals surface area contributed by atoms with Gasteiger partial charge in [-0.15, -0.1) is 0 Å². The molecule has 0 aromatic rings. The molecule has 0 aliphatic heterocycles. The maximum absolute atomic E-state index is 2.18. The molecule has 1 aliphatic carbocycles. The first-order chi connectivity index (χ1) is 4.81. The van der Waals surface area contributed by atoms with Crippen molar-refractivity contribution in [2.45, 2.75) is 33.1 Å². The van der Waals surface area contributed by atoms with Gasteiger partial charge >= 0.3 is 52.6 Å². The predicted molar refractivity (Wildman–Crippen MR) is 42.4 cm³/mol. The van der Waals surface area contributed by atoms with Crippen molar-refractivity contribution >= 4 is 0 Å². The first-order valence-corrected chi connectivity index (χ1v) is 5.11. The summed E-state index contributed by atoms with van der Waals surface area (Å²) in [6, 6.07) is 0. The predicted octanol–water partition coefficient (Wildman–Crippen LogP) is 3.18. The Morgan fingerprint density at radius 1 is 1.40 bits per heavy atom. The molecule has 0 saturated heterocycles. The van der Waals surface area contributed by atoms with Crippen LogP contribution < -0.4 is 0 Å². The van der Waals surface area contributed by atoms with Crippen molar-refractivity contribution in [1.82, 2.24) is 0 Å². The van der Waals surface area contributed by atoms with Crippen molar-refractivity contribution in [3.8, 4) is 0 Å². The van der Waals surface area contributed by atoms with E-state index in [-0.39, 0.29) is 0 Å². The van der Waals surface area contributed by atoms with Crippen LogP contribution in [0.2, 0.25) is 0 Å². The van der Waals surface area contributed by atoms with Crippen LogP contribution in [0.15, 0.2) is 21.5 Å². The zero-order valence-corrected chi connectivity index (χ0v) is 9.31. The molecule has 55 valence electrons. The molecule has 1 rings (SSSR count). The summed E-state index contributed by atoms with van der Waals surface area (Å²) in [4.78, 5) is 0. The van der Waals surface area contributed by atoms with Crippen LogP contribution >= 0.6 is 0 Å². The average Bonchev–Trinajstić information content (AvgIpc) is 2.40. The molecule has 0 spiro atoms. The number of rotatable bonds is 1. The molecule has 0 heterocycles. The van der Waals surface area contributed by atoms with E-state index in [0.29, 0.717) is 0 Å². The van der Waals surface area contributed by atoms with Gasteiger partial charge in [0.1, 0.15) is 0 Å². The second-order valence-electron chi connectivity index (χ2n) is 2.32. The van der Waals surface area contributed by atoms with Crippen molar-refractivity contribution < 1.29 is 24.7 Å². The van der Waals surface area contributed by atoms with Crippen LogP contribution in [0.3, 0.4) is 0 Å². The molecular weight excluding hydrogens is 199 g/mol. The molecule has 10 heavy (non-hydrogen) atoms. The third-order valence-electron chi connectivity index (χ3n) is 1.27. The van der Waals surface area contributed by atoms with Gasteiger partial charge in [-0.2, -0.15) is 0 Å². The quantitative estimate of drug-likeness (QED) is 0.629. The zero-order chi connectivity index (χ0) is 7.82. The fourth-order valence-corrected chi connectivity index (χ4v) is 0.973. The molecule has 0 atom stereocenters. The van der Waals surface area contributed by atoms with Gasteiger partial charge in [-0.25, -0.2) is 0 Å². The van der Waals surface area contributed by atoms with Gasteiger partial charge in [0.05, 0.1) is 0 Å². The van der Waals surface area contributed by atoms with Crippen LogP contribution in [-0.4, -0.2) is 0 Å². The Morgan fingerprint density at radius 2 is 2.00 bits per heavy atom. The Bertz CT molecular complexity index is 121. The van der Waals surface area contributed by atoms with E-state index in [9.17, 15) is 0 Å². The third-order valence-corrected chi connectivity index (χ3v) is 2.18. The number of hydrogen-bond donors (Lipinski definition) is 0. The van der Waals surface area contributed by atoms with Crippen LogP contribution in [0.1, 0.15) is 33.1 Å². The van der Waals surface area contributed by atoms with Crippen molar-refractivity contribution in [3.63, 3.8) is 0 Å². The normalized spacial score (nSPS) is 13.9. The monoisotopic (exact) mass is 213 g/mol. The maximum atomic E-state index is 2.18. The van der Waals surface area contributed by atoms with Crippen LogP contribution in [0.25, 0.3) is 0 Å². The van der Waals surface area contributed by atoms with E-state index in [1.165, 1.54) is 19.3 Å². The second-order valence-corrected chi connectivity index (χ2v) is 3.90. The van der Waals surface area contributed by atoms with E-state index in [1.54, 1.807) is 28.0 Å². The molecule has 0 radical (unpaired) electrons. The molecule has 0 bridgehead atoms. The van der Waals surface area contributed by atoms with Gasteiger partial charge in [0.2, 0.25) is 0 Å². The topological polar surface area (TPSA) is 0 Å². The van der Waals surface area contributed by atoms with E-state index in [2.05, 4.69) is 32.1 Å². The van der Waals surface area contributed by atoms with E-state index < -0.39 is 0 Å². The Balaban J connectivity index is 0.000000180. The van der Waals surface area contributed by atoms with Gasteiger partial charge in [-0.1, -0.05) is 26.7 Å². The summed E-state index contributed by atoms with van der Waals surface area (Å²) >= 11 is 1.56. The summed E-state index contributed by atoms with van der Waals surface area (Å²) in [7, 11) is 0. The number of unbranched alkanes of at least 4 members (excludes halogenated alkanes) is 1. The molecular formula is C9H15Zr. The summed E-state index contributed by atoms with van der Waals surface area (Å²) < 4.78 is 1.56. The first-order valence-electron chi connectivity index (χ1n) is 3.88. The van der Waals surface area contributed by atoms with E-state index in [0.717, 1.165) is 0 Å². The van der Waals surface area contributed by atoms with E-state index >= 15 is 0 Å². The minimum atomic E-state index is 1.21. The first kappa shape index (κ1) is 10.4. The van der Waals surface area contributed by atoms with Crippen molar-refractivity contribution in [3.05, 3.63) is 21.5 Å². The molecule has 0 amide bonds. The fraction of sp³-hybridized carbons (Fsp3) is 0.556. The van der Waals surface area contributed by atoms with E-state index in [1.807, 2.05) is 0 Å². The molecule has 0 saturated carbocycles. The molecule has 1 heteroatoms. The third kappa shape index (κ3) is 6.48. The summed E-state index contributed by atoms with van der Waals surface area (Å²) in [5.41, 5.74) is 0. The Hall–Kier alpha value is 0.363. The average molecular weight is 214 g/mol. The summed E-state index contributed by atoms with van der Waals surface area (Å²) in [6.07, 6.45) is 10.3. The van der Waals surface area contributed by atoms with Gasteiger partial charge in [0.15, 0.2) is 0 Å². The Labute approximate surface area is 79.2 Å². The van der Waals surface area contributed by atoms with Crippen LogP contribution in [-0.2, 0) is 24.7 Å². The Kier molecular flexibility index (Phi) is 7.74. The van der Waals surface area contributed by atoms with Crippen LogP contribution in [0.4, 0.5) is 0 Å². The van der Waals surface area contributed by atoms with Crippen molar-refractivity contribution in [2.75, 3.05) is 0 Å². The summed E-state index contributed by atoms with van der Waals surface area (Å²) in [6.45, 7) is 4.36. The standard InChI is InChI=1S/C5H5.C4H10.Zr/c1-2-4-5-3-1;1-3-4-2;/h1-3H,4H2;3-4H2,1-2H3;.